The van der Waals surface area contributed by atoms with Gasteiger partial charge in [0.2, 0.25) is 10.0 Å². The van der Waals surface area contributed by atoms with Gasteiger partial charge < -0.3 is 9.80 Å². The third kappa shape index (κ3) is 3.94. The van der Waals surface area contributed by atoms with E-state index in [2.05, 4.69) is 11.8 Å². The van der Waals surface area contributed by atoms with Gasteiger partial charge in [-0.2, -0.15) is 4.31 Å². The zero-order chi connectivity index (χ0) is 18.7. The Hall–Kier alpha value is -1.44. The van der Waals surface area contributed by atoms with E-state index in [0.717, 1.165) is 45.3 Å². The first-order valence-corrected chi connectivity index (χ1v) is 11.0. The van der Waals surface area contributed by atoms with Crippen LogP contribution in [0.15, 0.2) is 29.2 Å². The lowest BCUT2D eigenvalue weighted by atomic mass is 9.99. The van der Waals surface area contributed by atoms with E-state index in [-0.39, 0.29) is 16.8 Å². The number of nitrogens with zero attached hydrogens (tertiary/aromatic N) is 3. The van der Waals surface area contributed by atoms with Gasteiger partial charge in [-0.1, -0.05) is 13.0 Å². The lowest BCUT2D eigenvalue weighted by molar-refractivity contribution is 0.0608. The predicted molar refractivity (Wildman–Crippen MR) is 102 cm³/mol. The van der Waals surface area contributed by atoms with E-state index in [1.54, 1.807) is 24.3 Å². The van der Waals surface area contributed by atoms with Crippen molar-refractivity contribution in [3.8, 4) is 0 Å². The van der Waals surface area contributed by atoms with Crippen molar-refractivity contribution in [2.75, 3.05) is 39.8 Å². The Morgan fingerprint density at radius 2 is 1.85 bits per heavy atom. The molecule has 0 bridgehead atoms. The minimum absolute atomic E-state index is 0.0491. The molecule has 6 nitrogen and oxygen atoms in total. The first kappa shape index (κ1) is 19.3. The molecule has 1 aromatic rings. The molecule has 0 aromatic heterocycles. The van der Waals surface area contributed by atoms with Crippen LogP contribution < -0.4 is 0 Å². The lowest BCUT2D eigenvalue weighted by Gasteiger charge is -2.35. The summed E-state index contributed by atoms with van der Waals surface area (Å²) >= 11 is 0. The highest BCUT2D eigenvalue weighted by molar-refractivity contribution is 7.89. The van der Waals surface area contributed by atoms with Gasteiger partial charge >= 0.3 is 0 Å². The Balaban J connectivity index is 1.82. The van der Waals surface area contributed by atoms with Gasteiger partial charge in [0, 0.05) is 44.3 Å². The molecular formula is C19H29N3O3S. The number of likely N-dealkylation sites (tertiary alicyclic amines) is 1. The highest BCUT2D eigenvalue weighted by atomic mass is 32.2. The van der Waals surface area contributed by atoms with Crippen molar-refractivity contribution < 1.29 is 13.2 Å². The van der Waals surface area contributed by atoms with E-state index >= 15 is 0 Å². The van der Waals surface area contributed by atoms with E-state index < -0.39 is 10.0 Å². The Bertz CT molecular complexity index is 742. The first-order chi connectivity index (χ1) is 12.4. The molecule has 2 saturated heterocycles. The molecule has 0 spiro atoms. The summed E-state index contributed by atoms with van der Waals surface area (Å²) in [5, 5.41) is 0. The summed E-state index contributed by atoms with van der Waals surface area (Å²) in [6.45, 7) is 5.28. The normalized spacial score (nSPS) is 23.2. The SMILES string of the molecule is CCC1CCCCN1C(=O)c1cccc(S(=O)(=O)N2CCN(C)CC2)c1. The van der Waals surface area contributed by atoms with E-state index in [0.29, 0.717) is 18.7 Å². The molecular weight excluding hydrogens is 350 g/mol. The number of likely N-dealkylation sites (N-methyl/N-ethyl adjacent to an activating group) is 1. The van der Waals surface area contributed by atoms with Gasteiger partial charge in [-0.15, -0.1) is 0 Å². The van der Waals surface area contributed by atoms with Gasteiger partial charge in [-0.25, -0.2) is 8.42 Å². The van der Waals surface area contributed by atoms with Gasteiger partial charge in [0.05, 0.1) is 4.90 Å². The van der Waals surface area contributed by atoms with Crippen molar-refractivity contribution in [1.29, 1.82) is 0 Å². The van der Waals surface area contributed by atoms with Crippen molar-refractivity contribution in [1.82, 2.24) is 14.1 Å². The van der Waals surface area contributed by atoms with Gasteiger partial charge in [-0.05, 0) is 50.9 Å². The summed E-state index contributed by atoms with van der Waals surface area (Å²) in [7, 11) is -1.56. The van der Waals surface area contributed by atoms with Crippen LogP contribution in [-0.4, -0.2) is 74.2 Å². The van der Waals surface area contributed by atoms with Gasteiger partial charge in [0.1, 0.15) is 0 Å². The molecule has 1 atom stereocenters. The van der Waals surface area contributed by atoms with Crippen LogP contribution in [0.1, 0.15) is 43.0 Å². The fourth-order valence-corrected chi connectivity index (χ4v) is 5.29. The number of benzene rings is 1. The van der Waals surface area contributed by atoms with Crippen molar-refractivity contribution in [3.63, 3.8) is 0 Å². The minimum atomic E-state index is -3.56. The smallest absolute Gasteiger partial charge is 0.254 e. The largest absolute Gasteiger partial charge is 0.336 e. The van der Waals surface area contributed by atoms with Crippen molar-refractivity contribution in [2.45, 2.75) is 43.5 Å². The van der Waals surface area contributed by atoms with Crippen LogP contribution in [0, 0.1) is 0 Å². The second-order valence-corrected chi connectivity index (χ2v) is 9.23. The molecule has 2 fully saturated rings. The third-order valence-corrected chi connectivity index (χ3v) is 7.43. The fraction of sp³-hybridized carbons (Fsp3) is 0.632. The fourth-order valence-electron chi connectivity index (χ4n) is 3.83. The Labute approximate surface area is 156 Å². The van der Waals surface area contributed by atoms with Gasteiger partial charge in [0.25, 0.3) is 5.91 Å². The summed E-state index contributed by atoms with van der Waals surface area (Å²) in [6.07, 6.45) is 4.13. The van der Waals surface area contributed by atoms with Crippen molar-refractivity contribution in [2.24, 2.45) is 0 Å². The number of rotatable bonds is 4. The van der Waals surface area contributed by atoms with E-state index in [4.69, 9.17) is 0 Å². The molecule has 0 radical (unpaired) electrons. The number of amides is 1. The maximum absolute atomic E-state index is 13.0. The summed E-state index contributed by atoms with van der Waals surface area (Å²) in [5.41, 5.74) is 0.473. The average molecular weight is 380 g/mol. The Kier molecular flexibility index (Phi) is 5.99. The lowest BCUT2D eigenvalue weighted by Crippen LogP contribution is -2.47. The van der Waals surface area contributed by atoms with Crippen molar-refractivity contribution >= 4 is 15.9 Å². The summed E-state index contributed by atoms with van der Waals surface area (Å²) in [4.78, 5) is 17.2. The molecule has 2 aliphatic heterocycles. The third-order valence-electron chi connectivity index (χ3n) is 5.54. The monoisotopic (exact) mass is 379 g/mol. The van der Waals surface area contributed by atoms with Crippen LogP contribution in [0.4, 0.5) is 0 Å². The zero-order valence-electron chi connectivity index (χ0n) is 15.7. The summed E-state index contributed by atoms with van der Waals surface area (Å²) in [5.74, 6) is -0.0491. The van der Waals surface area contributed by atoms with Crippen LogP contribution in [0.2, 0.25) is 0 Å². The molecule has 2 heterocycles. The summed E-state index contributed by atoms with van der Waals surface area (Å²) < 4.78 is 27.4. The number of carbonyl (C=O) groups is 1. The van der Waals surface area contributed by atoms with Gasteiger partial charge in [0.15, 0.2) is 0 Å². The molecule has 0 aliphatic carbocycles. The molecule has 0 N–H and O–H groups in total. The van der Waals surface area contributed by atoms with Crippen LogP contribution in [0.25, 0.3) is 0 Å². The van der Waals surface area contributed by atoms with Crippen LogP contribution >= 0.6 is 0 Å². The average Bonchev–Trinajstić information content (AvgIpc) is 2.68. The molecule has 2 aliphatic rings. The second-order valence-electron chi connectivity index (χ2n) is 7.29. The standard InChI is InChI=1S/C19H29N3O3S/c1-3-17-8-4-5-10-22(17)19(23)16-7-6-9-18(15-16)26(24,25)21-13-11-20(2)12-14-21/h6-7,9,15,17H,3-5,8,10-14H2,1-2H3. The topological polar surface area (TPSA) is 60.9 Å². The highest BCUT2D eigenvalue weighted by Gasteiger charge is 2.30. The molecule has 26 heavy (non-hydrogen) atoms. The maximum Gasteiger partial charge on any atom is 0.254 e. The van der Waals surface area contributed by atoms with Crippen LogP contribution in [-0.2, 0) is 10.0 Å². The Morgan fingerprint density at radius 1 is 1.12 bits per heavy atom. The maximum atomic E-state index is 13.0. The number of hydrogen-bond acceptors (Lipinski definition) is 4. The molecule has 0 saturated carbocycles. The second kappa shape index (κ2) is 8.06. The first-order valence-electron chi connectivity index (χ1n) is 9.53. The summed E-state index contributed by atoms with van der Waals surface area (Å²) in [6, 6.07) is 6.82. The predicted octanol–water partition coefficient (Wildman–Crippen LogP) is 2.03. The van der Waals surface area contributed by atoms with Crippen LogP contribution in [0.5, 0.6) is 0 Å². The number of carbonyl (C=O) groups excluding carboxylic acids is 1. The molecule has 1 unspecified atom stereocenters. The van der Waals surface area contributed by atoms with E-state index in [9.17, 15) is 13.2 Å². The van der Waals surface area contributed by atoms with Crippen LogP contribution in [0.3, 0.4) is 0 Å². The number of piperazine rings is 1. The number of piperidine rings is 1. The van der Waals surface area contributed by atoms with E-state index in [1.807, 2.05) is 11.9 Å². The van der Waals surface area contributed by atoms with Crippen molar-refractivity contribution in [3.05, 3.63) is 29.8 Å². The molecule has 7 heteroatoms. The van der Waals surface area contributed by atoms with Gasteiger partial charge in [-0.3, -0.25) is 4.79 Å². The highest BCUT2D eigenvalue weighted by Crippen LogP contribution is 2.24. The molecule has 144 valence electrons. The quantitative estimate of drug-likeness (QED) is 0.803. The molecule has 1 aromatic carbocycles. The zero-order valence-corrected chi connectivity index (χ0v) is 16.5. The molecule has 3 rings (SSSR count). The number of sulfonamides is 1. The molecule has 1 amide bonds. The Morgan fingerprint density at radius 3 is 2.54 bits per heavy atom. The minimum Gasteiger partial charge on any atom is -0.336 e. The van der Waals surface area contributed by atoms with E-state index in [1.165, 1.54) is 4.31 Å². The number of hydrogen-bond donors (Lipinski definition) is 0.